The van der Waals surface area contributed by atoms with E-state index in [2.05, 4.69) is 15.5 Å². The Labute approximate surface area is 194 Å². The topological polar surface area (TPSA) is 124 Å². The third-order valence-electron chi connectivity index (χ3n) is 5.61. The van der Waals surface area contributed by atoms with Crippen LogP contribution < -0.4 is 14.8 Å². The number of hydrogen-bond donors (Lipinski definition) is 1. The van der Waals surface area contributed by atoms with Crippen molar-refractivity contribution < 1.29 is 27.2 Å². The van der Waals surface area contributed by atoms with Gasteiger partial charge < -0.3 is 19.3 Å². The first-order valence-corrected chi connectivity index (χ1v) is 12.8. The van der Waals surface area contributed by atoms with Gasteiger partial charge in [-0.25, -0.2) is 8.42 Å². The maximum Gasteiger partial charge on any atom is 0.252 e. The summed E-state index contributed by atoms with van der Waals surface area (Å²) < 4.78 is 43.6. The first-order chi connectivity index (χ1) is 15.9. The van der Waals surface area contributed by atoms with Crippen molar-refractivity contribution in [1.29, 1.82) is 0 Å². The predicted molar refractivity (Wildman–Crippen MR) is 118 cm³/mol. The average Bonchev–Trinajstić information content (AvgIpc) is 3.57. The molecule has 1 aromatic carbocycles. The van der Waals surface area contributed by atoms with Crippen LogP contribution in [-0.4, -0.2) is 48.7 Å². The largest absolute Gasteiger partial charge is 0.454 e. The van der Waals surface area contributed by atoms with Gasteiger partial charge in [0.05, 0.1) is 5.92 Å². The van der Waals surface area contributed by atoms with E-state index >= 15 is 0 Å². The van der Waals surface area contributed by atoms with Crippen molar-refractivity contribution in [3.63, 3.8) is 0 Å². The molecule has 0 radical (unpaired) electrons. The van der Waals surface area contributed by atoms with Gasteiger partial charge in [0.1, 0.15) is 4.21 Å². The maximum absolute atomic E-state index is 13.2. The lowest BCUT2D eigenvalue weighted by molar-refractivity contribution is -0.126. The van der Waals surface area contributed by atoms with Gasteiger partial charge in [-0.3, -0.25) is 4.79 Å². The van der Waals surface area contributed by atoms with E-state index in [4.69, 9.17) is 14.0 Å². The standard InChI is InChI=1S/C21H22N4O6S2/c1-13-23-20(24-31-13)16-8-19(32-11-16)33(27,28)25-6-2-3-15(10-25)21(26)22-9-14-4-5-17-18(7-14)30-12-29-17/h4-5,7-8,11,15H,2-3,6,9-10,12H2,1H3,(H,22,26). The quantitative estimate of drug-likeness (QED) is 0.559. The fourth-order valence-corrected chi connectivity index (χ4v) is 6.71. The maximum atomic E-state index is 13.2. The van der Waals surface area contributed by atoms with Crippen LogP contribution >= 0.6 is 11.3 Å². The Hall–Kier alpha value is -2.96. The summed E-state index contributed by atoms with van der Waals surface area (Å²) in [5, 5.41) is 8.45. The van der Waals surface area contributed by atoms with E-state index < -0.39 is 15.9 Å². The number of rotatable bonds is 6. The Morgan fingerprint density at radius 2 is 2.12 bits per heavy atom. The fraction of sp³-hybridized carbons (Fsp3) is 0.381. The van der Waals surface area contributed by atoms with Gasteiger partial charge in [0.15, 0.2) is 11.5 Å². The highest BCUT2D eigenvalue weighted by Crippen LogP contribution is 2.33. The minimum absolute atomic E-state index is 0.143. The Balaban J connectivity index is 1.23. The molecule has 2 aliphatic heterocycles. The van der Waals surface area contributed by atoms with Gasteiger partial charge in [0.25, 0.3) is 10.0 Å². The SMILES string of the molecule is Cc1nc(-c2csc(S(=O)(=O)N3CCCC(C(=O)NCc4ccc5c(c4)OCO5)C3)c2)no1. The number of sulfonamides is 1. The zero-order valence-corrected chi connectivity index (χ0v) is 19.4. The Kier molecular flexibility index (Phi) is 5.81. The van der Waals surface area contributed by atoms with Crippen LogP contribution in [0.4, 0.5) is 0 Å². The summed E-state index contributed by atoms with van der Waals surface area (Å²) in [6.07, 6.45) is 1.25. The van der Waals surface area contributed by atoms with Crippen LogP contribution in [0.25, 0.3) is 11.4 Å². The summed E-state index contributed by atoms with van der Waals surface area (Å²) in [7, 11) is -3.73. The summed E-state index contributed by atoms with van der Waals surface area (Å²) in [5.74, 6) is 1.52. The third kappa shape index (κ3) is 4.45. The van der Waals surface area contributed by atoms with E-state index in [9.17, 15) is 13.2 Å². The number of nitrogens with zero attached hydrogens (tertiary/aromatic N) is 3. The number of aryl methyl sites for hydroxylation is 1. The lowest BCUT2D eigenvalue weighted by Crippen LogP contribution is -2.45. The number of carbonyl (C=O) groups excluding carboxylic acids is 1. The molecule has 0 spiro atoms. The number of hydrogen-bond acceptors (Lipinski definition) is 9. The molecule has 5 rings (SSSR count). The molecular formula is C21H22N4O6S2. The Bertz CT molecular complexity index is 1290. The van der Waals surface area contributed by atoms with Crippen LogP contribution in [0.1, 0.15) is 24.3 Å². The van der Waals surface area contributed by atoms with Crippen molar-refractivity contribution >= 4 is 27.3 Å². The van der Waals surface area contributed by atoms with Gasteiger partial charge in [-0.15, -0.1) is 11.3 Å². The molecule has 1 amide bonds. The van der Waals surface area contributed by atoms with Crippen LogP contribution in [0.15, 0.2) is 38.4 Å². The zero-order valence-electron chi connectivity index (χ0n) is 17.8. The second-order valence-corrected chi connectivity index (χ2v) is 11.0. The molecule has 1 unspecified atom stereocenters. The number of aromatic nitrogens is 2. The molecule has 1 N–H and O–H groups in total. The number of nitrogens with one attached hydrogen (secondary N) is 1. The van der Waals surface area contributed by atoms with E-state index in [1.165, 1.54) is 4.31 Å². The predicted octanol–water partition coefficient (Wildman–Crippen LogP) is 2.55. The highest BCUT2D eigenvalue weighted by molar-refractivity contribution is 7.91. The fourth-order valence-electron chi connectivity index (χ4n) is 3.87. The van der Waals surface area contributed by atoms with Gasteiger partial charge in [-0.2, -0.15) is 9.29 Å². The number of benzene rings is 1. The van der Waals surface area contributed by atoms with Crippen LogP contribution in [0.5, 0.6) is 11.5 Å². The van der Waals surface area contributed by atoms with E-state index in [1.54, 1.807) is 18.4 Å². The lowest BCUT2D eigenvalue weighted by atomic mass is 9.98. The van der Waals surface area contributed by atoms with Crippen molar-refractivity contribution in [2.45, 2.75) is 30.5 Å². The molecule has 2 aliphatic rings. The summed E-state index contributed by atoms with van der Waals surface area (Å²) in [5.41, 5.74) is 1.47. The number of fused-ring (bicyclic) bond motifs is 1. The molecule has 12 heteroatoms. The third-order valence-corrected chi connectivity index (χ3v) is 8.89. The molecule has 0 saturated carbocycles. The van der Waals surface area contributed by atoms with Gasteiger partial charge in [0, 0.05) is 37.5 Å². The number of ether oxygens (including phenoxy) is 2. The second kappa shape index (κ2) is 8.76. The molecule has 1 fully saturated rings. The lowest BCUT2D eigenvalue weighted by Gasteiger charge is -2.30. The summed E-state index contributed by atoms with van der Waals surface area (Å²) in [6, 6.07) is 7.06. The van der Waals surface area contributed by atoms with E-state index in [1.807, 2.05) is 18.2 Å². The number of carbonyl (C=O) groups is 1. The van der Waals surface area contributed by atoms with Crippen LogP contribution in [-0.2, 0) is 21.4 Å². The van der Waals surface area contributed by atoms with Crippen molar-refractivity contribution in [1.82, 2.24) is 19.8 Å². The molecule has 1 atom stereocenters. The number of amides is 1. The van der Waals surface area contributed by atoms with Crippen LogP contribution in [0.3, 0.4) is 0 Å². The highest BCUT2D eigenvalue weighted by atomic mass is 32.2. The zero-order chi connectivity index (χ0) is 23.0. The van der Waals surface area contributed by atoms with Gasteiger partial charge in [0.2, 0.25) is 24.4 Å². The summed E-state index contributed by atoms with van der Waals surface area (Å²) in [6.45, 7) is 2.72. The summed E-state index contributed by atoms with van der Waals surface area (Å²) >= 11 is 1.11. The molecule has 0 aliphatic carbocycles. The minimum Gasteiger partial charge on any atom is -0.454 e. The monoisotopic (exact) mass is 490 g/mol. The van der Waals surface area contributed by atoms with Gasteiger partial charge >= 0.3 is 0 Å². The smallest absolute Gasteiger partial charge is 0.252 e. The molecule has 1 saturated heterocycles. The van der Waals surface area contributed by atoms with Crippen molar-refractivity contribution in [3.05, 3.63) is 41.1 Å². The van der Waals surface area contributed by atoms with Crippen molar-refractivity contribution in [2.75, 3.05) is 19.9 Å². The normalized spacial score (nSPS) is 18.4. The van der Waals surface area contributed by atoms with Crippen molar-refractivity contribution in [3.8, 4) is 22.9 Å². The highest BCUT2D eigenvalue weighted by Gasteiger charge is 2.34. The van der Waals surface area contributed by atoms with E-state index in [0.29, 0.717) is 54.7 Å². The van der Waals surface area contributed by atoms with Crippen LogP contribution in [0.2, 0.25) is 0 Å². The van der Waals surface area contributed by atoms with E-state index in [0.717, 1.165) is 16.9 Å². The molecule has 2 aromatic heterocycles. The molecule has 174 valence electrons. The average molecular weight is 491 g/mol. The van der Waals surface area contributed by atoms with E-state index in [-0.39, 0.29) is 23.5 Å². The van der Waals surface area contributed by atoms with Crippen LogP contribution in [0, 0.1) is 12.8 Å². The first-order valence-electron chi connectivity index (χ1n) is 10.5. The Morgan fingerprint density at radius 1 is 1.27 bits per heavy atom. The molecule has 0 bridgehead atoms. The van der Waals surface area contributed by atoms with Gasteiger partial charge in [-0.05, 0) is 36.6 Å². The molecule has 33 heavy (non-hydrogen) atoms. The number of thiophene rings is 1. The molecule has 3 aromatic rings. The second-order valence-electron chi connectivity index (χ2n) is 7.90. The van der Waals surface area contributed by atoms with Crippen molar-refractivity contribution in [2.24, 2.45) is 5.92 Å². The first kappa shape index (κ1) is 21.9. The van der Waals surface area contributed by atoms with Gasteiger partial charge in [-0.1, -0.05) is 11.2 Å². The number of piperidine rings is 1. The molecule has 4 heterocycles. The molecule has 10 nitrogen and oxygen atoms in total. The summed E-state index contributed by atoms with van der Waals surface area (Å²) in [4.78, 5) is 16.9. The Morgan fingerprint density at radius 3 is 2.94 bits per heavy atom. The molecular weight excluding hydrogens is 468 g/mol. The minimum atomic E-state index is -3.73.